The summed E-state index contributed by atoms with van der Waals surface area (Å²) in [4.78, 5) is 41.9. The summed E-state index contributed by atoms with van der Waals surface area (Å²) in [5.74, 6) is 0.730. The average molecular weight is 746 g/mol. The van der Waals surface area contributed by atoms with E-state index in [9.17, 15) is 41.1 Å². The lowest BCUT2D eigenvalue weighted by atomic mass is 10.2. The van der Waals surface area contributed by atoms with E-state index >= 15 is 0 Å². The van der Waals surface area contributed by atoms with Gasteiger partial charge in [0.2, 0.25) is 18.7 Å². The first-order valence-electron chi connectivity index (χ1n) is 14.4. The number of halogens is 3. The Kier molecular flexibility index (Phi) is 83.3. The summed E-state index contributed by atoms with van der Waals surface area (Å²) >= 11 is -1.85. The van der Waals surface area contributed by atoms with Crippen molar-refractivity contribution in [3.63, 3.8) is 0 Å². The van der Waals surface area contributed by atoms with Crippen molar-refractivity contribution >= 4 is 36.3 Å². The van der Waals surface area contributed by atoms with Gasteiger partial charge in [0.25, 0.3) is 6.47 Å². The Labute approximate surface area is 293 Å². The summed E-state index contributed by atoms with van der Waals surface area (Å²) in [6.07, 6.45) is 2.43. The lowest BCUT2D eigenvalue weighted by Gasteiger charge is -2.05. The molecule has 49 heavy (non-hydrogen) atoms. The van der Waals surface area contributed by atoms with Crippen LogP contribution in [-0.2, 0) is 46.4 Å². The minimum atomic E-state index is -3.67. The first-order chi connectivity index (χ1) is 21.8. The Bertz CT molecular complexity index is 788. The summed E-state index contributed by atoms with van der Waals surface area (Å²) in [6.45, 7) is 15.1. The van der Waals surface area contributed by atoms with E-state index in [1.54, 1.807) is 20.8 Å². The number of carbonyl (C=O) groups is 4. The molecule has 0 radical (unpaired) electrons. The standard InChI is InChI=1S/C8H9NO.C5H11NO.C4H9NO.C4H10O2S.C4H10O.C3H6O2.CHF3.CH4O2.H3N.H2O/c10-7-9-6-8-4-2-1-3-5-8;1-3-5(2)6-4-7;1-3(2)4(5)6;1-4(2)3-7(5)6;1-4(2)3-5;1-2-5-3-4;2-1(3)4;1-3-2;;/h1-5,7H,6H2,(H,9,10);4-5H,3H2,1-2H3,(H,6,7);3H,1-2H3,(H2,5,6);4H,3H2,1-2H3,(H,5,6);4-5H,3H2,1-2H3;3H,2H2,1H3;1H;2H,1H3;1H3;1H2/p-1. The zero-order valence-corrected chi connectivity index (χ0v) is 31.3. The van der Waals surface area contributed by atoms with Crippen molar-refractivity contribution in [1.29, 1.82) is 0 Å². The number of amides is 3. The van der Waals surface area contributed by atoms with Crippen molar-refractivity contribution in [2.24, 2.45) is 23.5 Å². The number of benzene rings is 1. The van der Waals surface area contributed by atoms with E-state index < -0.39 is 17.8 Å². The first-order valence-corrected chi connectivity index (χ1v) is 15.6. The van der Waals surface area contributed by atoms with Crippen LogP contribution >= 0.6 is 0 Å². The predicted octanol–water partition coefficient (Wildman–Crippen LogP) is 3.55. The van der Waals surface area contributed by atoms with E-state index in [4.69, 9.17) is 16.1 Å². The topological polar surface area (TPSA) is 284 Å². The zero-order valence-electron chi connectivity index (χ0n) is 30.5. The van der Waals surface area contributed by atoms with Crippen LogP contribution in [-0.4, -0.2) is 88.6 Å². The zero-order chi connectivity index (χ0) is 38.6. The van der Waals surface area contributed by atoms with Crippen molar-refractivity contribution in [2.75, 3.05) is 26.1 Å². The van der Waals surface area contributed by atoms with E-state index in [2.05, 4.69) is 20.3 Å². The number of nitrogens with one attached hydrogen (secondary N) is 2. The van der Waals surface area contributed by atoms with Gasteiger partial charge in [-0.25, -0.2) is 4.89 Å². The molecular weight excluding hydrogens is 681 g/mol. The molecule has 0 saturated heterocycles. The molecule has 0 spiro atoms. The van der Waals surface area contributed by atoms with Gasteiger partial charge in [0.1, 0.15) is 0 Å². The SMILES string of the molecule is CC(C)C(N)=O.CC(C)CO.CC(C)CS(=O)[O-].CCC(C)NC=O.CCOC=O.COO.FC(F)F.N.O.O=CNCc1ccccc1. The third-order valence-corrected chi connectivity index (χ3v) is 4.77. The molecule has 0 bridgehead atoms. The number of hydrogen-bond acceptors (Lipinski definition) is 11. The minimum Gasteiger partial charge on any atom is -0.772 e. The fourth-order valence-electron chi connectivity index (χ4n) is 1.33. The molecule has 19 heteroatoms. The van der Waals surface area contributed by atoms with Crippen molar-refractivity contribution in [1.82, 2.24) is 16.8 Å². The lowest BCUT2D eigenvalue weighted by molar-refractivity contribution is -0.214. The van der Waals surface area contributed by atoms with Crippen LogP contribution in [0.4, 0.5) is 13.2 Å². The number of primary amides is 1. The van der Waals surface area contributed by atoms with Crippen LogP contribution in [0.3, 0.4) is 0 Å². The van der Waals surface area contributed by atoms with Crippen molar-refractivity contribution in [3.8, 4) is 0 Å². The molecule has 2 unspecified atom stereocenters. The number of nitrogens with two attached hydrogens (primary N) is 1. The molecule has 1 aromatic rings. The molecule has 2 atom stereocenters. The average Bonchev–Trinajstić information content (AvgIpc) is 2.98. The maximum Gasteiger partial charge on any atom is 0.379 e. The quantitative estimate of drug-likeness (QED) is 0.0778. The Hall–Kier alpha value is -3.20. The van der Waals surface area contributed by atoms with Crippen LogP contribution in [0, 0.1) is 17.8 Å². The molecule has 15 nitrogen and oxygen atoms in total. The second-order valence-electron chi connectivity index (χ2n) is 9.56. The highest BCUT2D eigenvalue weighted by Crippen LogP contribution is 1.95. The molecule has 1 rings (SSSR count). The molecule has 298 valence electrons. The normalized spacial score (nSPS) is 9.63. The second-order valence-corrected chi connectivity index (χ2v) is 10.5. The largest absolute Gasteiger partial charge is 0.772 e. The molecule has 0 saturated carbocycles. The molecule has 0 aliphatic carbocycles. The minimum absolute atomic E-state index is 0. The molecule has 0 heterocycles. The van der Waals surface area contributed by atoms with Crippen LogP contribution in [0.2, 0.25) is 0 Å². The van der Waals surface area contributed by atoms with E-state index in [1.165, 1.54) is 7.11 Å². The summed E-state index contributed by atoms with van der Waals surface area (Å²) < 4.78 is 52.8. The fourth-order valence-corrected chi connectivity index (χ4v) is 1.87. The van der Waals surface area contributed by atoms with Gasteiger partial charge in [0.05, 0.1) is 13.7 Å². The molecular formula is C30H64F3N4O11S-. The maximum atomic E-state index is 9.92. The summed E-state index contributed by atoms with van der Waals surface area (Å²) in [6, 6.07) is 10.1. The smallest absolute Gasteiger partial charge is 0.379 e. The van der Waals surface area contributed by atoms with Gasteiger partial charge < -0.3 is 42.4 Å². The first kappa shape index (κ1) is 67.9. The van der Waals surface area contributed by atoms with Crippen LogP contribution in [0.1, 0.15) is 74.3 Å². The monoisotopic (exact) mass is 745 g/mol. The third kappa shape index (κ3) is 123. The van der Waals surface area contributed by atoms with E-state index in [0.717, 1.165) is 18.4 Å². The Morgan fingerprint density at radius 1 is 0.980 bits per heavy atom. The summed E-state index contributed by atoms with van der Waals surface area (Å²) in [7, 11) is 1.18. The highest BCUT2D eigenvalue weighted by Gasteiger charge is 1.96. The van der Waals surface area contributed by atoms with E-state index in [0.29, 0.717) is 44.6 Å². The highest BCUT2D eigenvalue weighted by molar-refractivity contribution is 7.79. The summed E-state index contributed by atoms with van der Waals surface area (Å²) in [5, 5.41) is 20.4. The third-order valence-electron chi connectivity index (χ3n) is 3.84. The van der Waals surface area contributed by atoms with Gasteiger partial charge in [-0.1, -0.05) is 89.9 Å². The second kappa shape index (κ2) is 60.2. The van der Waals surface area contributed by atoms with Gasteiger partial charge in [-0.05, 0) is 37.7 Å². The van der Waals surface area contributed by atoms with Crippen molar-refractivity contribution in [2.45, 2.75) is 88.0 Å². The molecule has 0 fully saturated rings. The van der Waals surface area contributed by atoms with Crippen molar-refractivity contribution < 1.29 is 66.6 Å². The fraction of sp³-hybridized carbons (Fsp3) is 0.667. The Morgan fingerprint density at radius 2 is 1.37 bits per heavy atom. The molecule has 0 aliphatic rings. The van der Waals surface area contributed by atoms with E-state index in [1.807, 2.05) is 71.9 Å². The number of aliphatic hydroxyl groups is 1. The van der Waals surface area contributed by atoms with Gasteiger partial charge >= 0.3 is 6.68 Å². The highest BCUT2D eigenvalue weighted by atomic mass is 32.2. The number of alkyl halides is 3. The van der Waals surface area contributed by atoms with Crippen LogP contribution < -0.4 is 22.5 Å². The number of ether oxygens (including phenoxy) is 1. The van der Waals surface area contributed by atoms with Gasteiger partial charge in [0, 0.05) is 30.9 Å². The van der Waals surface area contributed by atoms with Crippen LogP contribution in [0.5, 0.6) is 0 Å². The molecule has 3 amide bonds. The molecule has 1 aromatic carbocycles. The predicted molar refractivity (Wildman–Crippen MR) is 186 cm³/mol. The number of carbonyl (C=O) groups excluding carboxylic acids is 4. The van der Waals surface area contributed by atoms with E-state index in [-0.39, 0.29) is 35.1 Å². The number of hydrogen-bond donors (Lipinski definition) is 6. The lowest BCUT2D eigenvalue weighted by Crippen LogP contribution is -2.22. The van der Waals surface area contributed by atoms with Crippen LogP contribution in [0.15, 0.2) is 30.3 Å². The summed E-state index contributed by atoms with van der Waals surface area (Å²) in [5.41, 5.74) is 5.92. The van der Waals surface area contributed by atoms with Gasteiger partial charge in [-0.2, -0.15) is 13.2 Å². The molecule has 11 N–H and O–H groups in total. The van der Waals surface area contributed by atoms with Gasteiger partial charge in [-0.3, -0.25) is 28.6 Å². The number of rotatable bonds is 12. The number of aliphatic hydroxyl groups excluding tert-OH is 1. The van der Waals surface area contributed by atoms with Crippen LogP contribution in [0.25, 0.3) is 0 Å². The van der Waals surface area contributed by atoms with Gasteiger partial charge in [0.15, 0.2) is 0 Å². The molecule has 0 aromatic heterocycles. The molecule has 0 aliphatic heterocycles. The Morgan fingerprint density at radius 3 is 1.51 bits per heavy atom. The Balaban J connectivity index is -0.0000000543. The van der Waals surface area contributed by atoms with Gasteiger partial charge in [-0.15, -0.1) is 0 Å². The van der Waals surface area contributed by atoms with Crippen molar-refractivity contribution in [3.05, 3.63) is 35.9 Å². The maximum absolute atomic E-state index is 9.92.